The molecule has 0 bridgehead atoms. The van der Waals surface area contributed by atoms with Crippen LogP contribution in [0, 0.1) is 10.8 Å². The third-order valence-corrected chi connectivity index (χ3v) is 5.69. The van der Waals surface area contributed by atoms with Gasteiger partial charge in [0.15, 0.2) is 0 Å². The van der Waals surface area contributed by atoms with Crippen LogP contribution in [0.4, 0.5) is 0 Å². The van der Waals surface area contributed by atoms with Gasteiger partial charge in [0.2, 0.25) is 0 Å². The lowest BCUT2D eigenvalue weighted by atomic mass is 9.82. The highest BCUT2D eigenvalue weighted by molar-refractivity contribution is 5.76. The minimum absolute atomic E-state index is 0.0895. The van der Waals surface area contributed by atoms with Gasteiger partial charge in [0.25, 0.3) is 0 Å². The maximum absolute atomic E-state index is 11.3. The van der Waals surface area contributed by atoms with Crippen molar-refractivity contribution in [2.45, 2.75) is 85.0 Å². The largest absolute Gasteiger partial charge is 0.481 e. The molecule has 1 aromatic carbocycles. The van der Waals surface area contributed by atoms with Crippen molar-refractivity contribution in [3.63, 3.8) is 0 Å². The normalized spacial score (nSPS) is 15.7. The van der Waals surface area contributed by atoms with E-state index in [4.69, 9.17) is 5.11 Å². The van der Waals surface area contributed by atoms with Crippen LogP contribution in [0.1, 0.15) is 83.3 Å². The number of ketones is 1. The summed E-state index contributed by atoms with van der Waals surface area (Å²) in [6.07, 6.45) is 9.51. The summed E-state index contributed by atoms with van der Waals surface area (Å²) in [6.45, 7) is 6.03. The molecular weight excluding hydrogens is 324 g/mol. The topological polar surface area (TPSA) is 54.4 Å². The molecule has 1 N–H and O–H groups in total. The van der Waals surface area contributed by atoms with Crippen LogP contribution in [0.5, 0.6) is 0 Å². The van der Waals surface area contributed by atoms with E-state index < -0.39 is 5.97 Å². The van der Waals surface area contributed by atoms with Gasteiger partial charge in [0.1, 0.15) is 5.78 Å². The molecule has 1 saturated carbocycles. The number of hydrogen-bond donors (Lipinski definition) is 1. The number of carboxylic acids is 1. The Balaban J connectivity index is 1.75. The molecule has 0 aliphatic heterocycles. The first-order valence-corrected chi connectivity index (χ1v) is 9.99. The van der Waals surface area contributed by atoms with E-state index in [1.165, 1.54) is 11.1 Å². The predicted octanol–water partition coefficient (Wildman–Crippen LogP) is 5.59. The van der Waals surface area contributed by atoms with Gasteiger partial charge in [-0.05, 0) is 80.2 Å². The molecule has 26 heavy (non-hydrogen) atoms. The highest BCUT2D eigenvalue weighted by atomic mass is 16.4. The first-order valence-electron chi connectivity index (χ1n) is 9.99. The fraction of sp³-hybridized carbons (Fsp3) is 0.652. The van der Waals surface area contributed by atoms with Crippen LogP contribution in [-0.2, 0) is 22.4 Å². The summed E-state index contributed by atoms with van der Waals surface area (Å²) in [5.74, 6) is -0.384. The Labute approximate surface area is 158 Å². The molecule has 144 valence electrons. The fourth-order valence-corrected chi connectivity index (χ4v) is 4.15. The second kappa shape index (κ2) is 8.83. The number of aliphatic carboxylic acids is 1. The number of benzene rings is 1. The molecule has 3 nitrogen and oxygen atoms in total. The van der Waals surface area contributed by atoms with Crippen LogP contribution in [0.2, 0.25) is 0 Å². The lowest BCUT2D eigenvalue weighted by molar-refractivity contribution is -0.138. The molecule has 1 aliphatic rings. The summed E-state index contributed by atoms with van der Waals surface area (Å²) in [4.78, 5) is 22.3. The summed E-state index contributed by atoms with van der Waals surface area (Å²) in [7, 11) is 0. The van der Waals surface area contributed by atoms with E-state index in [0.29, 0.717) is 12.8 Å². The molecule has 1 aromatic rings. The van der Waals surface area contributed by atoms with E-state index in [-0.39, 0.29) is 16.6 Å². The second-order valence-electron chi connectivity index (χ2n) is 9.14. The van der Waals surface area contributed by atoms with E-state index in [9.17, 15) is 9.59 Å². The predicted molar refractivity (Wildman–Crippen MR) is 105 cm³/mol. The fourth-order valence-electron chi connectivity index (χ4n) is 4.15. The molecule has 0 atom stereocenters. The van der Waals surface area contributed by atoms with Crippen LogP contribution < -0.4 is 0 Å². The van der Waals surface area contributed by atoms with Crippen molar-refractivity contribution in [3.05, 3.63) is 35.4 Å². The number of carbonyl (C=O) groups is 2. The minimum Gasteiger partial charge on any atom is -0.481 e. The van der Waals surface area contributed by atoms with Crippen molar-refractivity contribution in [2.24, 2.45) is 10.8 Å². The van der Waals surface area contributed by atoms with Gasteiger partial charge in [-0.15, -0.1) is 0 Å². The van der Waals surface area contributed by atoms with Gasteiger partial charge in [0.05, 0.1) is 6.42 Å². The molecule has 0 saturated heterocycles. The maximum atomic E-state index is 11.3. The Morgan fingerprint density at radius 2 is 1.73 bits per heavy atom. The number of carbonyl (C=O) groups excluding carboxylic acids is 1. The monoisotopic (exact) mass is 358 g/mol. The average molecular weight is 359 g/mol. The van der Waals surface area contributed by atoms with Gasteiger partial charge >= 0.3 is 5.97 Å². The molecule has 0 heterocycles. The third kappa shape index (κ3) is 7.31. The number of carboxylic acid groups (broad SMARTS) is 1. The summed E-state index contributed by atoms with van der Waals surface area (Å²) in [5.41, 5.74) is 2.92. The average Bonchev–Trinajstić information content (AvgIpc) is 3.25. The highest BCUT2D eigenvalue weighted by Gasteiger charge is 2.43. The van der Waals surface area contributed by atoms with E-state index in [0.717, 1.165) is 51.4 Å². The minimum atomic E-state index is -0.655. The first-order chi connectivity index (χ1) is 12.2. The Bertz CT molecular complexity index is 587. The van der Waals surface area contributed by atoms with Crippen LogP contribution in [0.15, 0.2) is 24.3 Å². The van der Waals surface area contributed by atoms with Crippen molar-refractivity contribution in [3.8, 4) is 0 Å². The maximum Gasteiger partial charge on any atom is 0.303 e. The van der Waals surface area contributed by atoms with Crippen molar-refractivity contribution in [1.82, 2.24) is 0 Å². The Kier molecular flexibility index (Phi) is 7.02. The highest BCUT2D eigenvalue weighted by Crippen LogP contribution is 2.52. The Morgan fingerprint density at radius 3 is 2.27 bits per heavy atom. The molecule has 0 aromatic heterocycles. The van der Waals surface area contributed by atoms with Crippen LogP contribution in [0.25, 0.3) is 0 Å². The van der Waals surface area contributed by atoms with Gasteiger partial charge in [-0.1, -0.05) is 38.1 Å². The zero-order valence-corrected chi connectivity index (χ0v) is 16.6. The van der Waals surface area contributed by atoms with Gasteiger partial charge in [-0.3, -0.25) is 4.79 Å². The molecule has 0 amide bonds. The quantitative estimate of drug-likeness (QED) is 0.530. The Hall–Kier alpha value is -1.64. The van der Waals surface area contributed by atoms with Crippen molar-refractivity contribution in [1.29, 1.82) is 0 Å². The van der Waals surface area contributed by atoms with E-state index in [1.54, 1.807) is 6.92 Å². The van der Waals surface area contributed by atoms with Crippen LogP contribution >= 0.6 is 0 Å². The Morgan fingerprint density at radius 1 is 1.12 bits per heavy atom. The lowest BCUT2D eigenvalue weighted by Gasteiger charge is -2.23. The number of hydrogen-bond acceptors (Lipinski definition) is 2. The number of aryl methyl sites for hydroxylation is 2. The molecule has 1 fully saturated rings. The summed E-state index contributed by atoms with van der Waals surface area (Å²) in [5, 5.41) is 9.01. The van der Waals surface area contributed by atoms with Crippen molar-refractivity contribution < 1.29 is 14.7 Å². The zero-order valence-electron chi connectivity index (χ0n) is 16.6. The van der Waals surface area contributed by atoms with Gasteiger partial charge in [-0.25, -0.2) is 0 Å². The van der Waals surface area contributed by atoms with Gasteiger partial charge in [0, 0.05) is 6.42 Å². The van der Waals surface area contributed by atoms with E-state index >= 15 is 0 Å². The molecular formula is C23H34O3. The number of rotatable bonds is 12. The molecule has 2 rings (SSSR count). The standard InChI is InChI=1S/C23H34O3/c1-18(24)16-22(2,3)11-5-9-19-7-4-8-20(15-19)10-6-12-23(13-14-23)17-21(25)26/h4,7-8,15H,5-6,9-14,16-17H2,1-3H3,(H,25,26). The molecule has 3 heteroatoms. The van der Waals surface area contributed by atoms with Crippen LogP contribution in [0.3, 0.4) is 0 Å². The summed E-state index contributed by atoms with van der Waals surface area (Å²) in [6, 6.07) is 8.80. The molecule has 0 radical (unpaired) electrons. The van der Waals surface area contributed by atoms with Crippen molar-refractivity contribution in [2.75, 3.05) is 0 Å². The third-order valence-electron chi connectivity index (χ3n) is 5.69. The van der Waals surface area contributed by atoms with E-state index in [1.807, 2.05) is 0 Å². The van der Waals surface area contributed by atoms with E-state index in [2.05, 4.69) is 38.1 Å². The van der Waals surface area contributed by atoms with Gasteiger partial charge in [-0.2, -0.15) is 0 Å². The molecule has 1 aliphatic carbocycles. The molecule has 0 spiro atoms. The second-order valence-corrected chi connectivity index (χ2v) is 9.14. The molecule has 0 unspecified atom stereocenters. The van der Waals surface area contributed by atoms with Crippen LogP contribution in [-0.4, -0.2) is 16.9 Å². The smallest absolute Gasteiger partial charge is 0.303 e. The summed E-state index contributed by atoms with van der Waals surface area (Å²) < 4.78 is 0. The zero-order chi connectivity index (χ0) is 19.2. The van der Waals surface area contributed by atoms with Gasteiger partial charge < -0.3 is 9.90 Å². The number of Topliss-reactive ketones (excluding diaryl/α,β-unsaturated/α-hetero) is 1. The first kappa shape index (κ1) is 20.7. The lowest BCUT2D eigenvalue weighted by Crippen LogP contribution is -2.15. The SMILES string of the molecule is CC(=O)CC(C)(C)CCCc1cccc(CCCC2(CC(=O)O)CC2)c1. The summed E-state index contributed by atoms with van der Waals surface area (Å²) >= 11 is 0. The van der Waals surface area contributed by atoms with Crippen molar-refractivity contribution >= 4 is 11.8 Å².